The first kappa shape index (κ1) is 19.4. The Labute approximate surface area is 166 Å². The molecule has 0 unspecified atom stereocenters. The highest BCUT2D eigenvalue weighted by molar-refractivity contribution is 6.08. The molecule has 0 atom stereocenters. The van der Waals surface area contributed by atoms with Crippen LogP contribution < -0.4 is 15.5 Å². The zero-order valence-electron chi connectivity index (χ0n) is 16.6. The van der Waals surface area contributed by atoms with Crippen LogP contribution in [-0.2, 0) is 6.42 Å². The minimum atomic E-state index is -0.108. The highest BCUT2D eigenvalue weighted by atomic mass is 16.1. The molecule has 0 radical (unpaired) electrons. The zero-order valence-corrected chi connectivity index (χ0v) is 16.6. The van der Waals surface area contributed by atoms with Gasteiger partial charge in [0.25, 0.3) is 5.91 Å². The van der Waals surface area contributed by atoms with Gasteiger partial charge in [-0.3, -0.25) is 9.78 Å². The van der Waals surface area contributed by atoms with Crippen molar-refractivity contribution in [3.8, 4) is 0 Å². The van der Waals surface area contributed by atoms with Crippen LogP contribution in [-0.4, -0.2) is 31.5 Å². The quantitative estimate of drug-likeness (QED) is 0.645. The molecular weight excluding hydrogens is 348 g/mol. The molecule has 0 aliphatic heterocycles. The van der Waals surface area contributed by atoms with Crippen LogP contribution in [0.3, 0.4) is 0 Å². The summed E-state index contributed by atoms with van der Waals surface area (Å²) in [5, 5.41) is 6.36. The van der Waals surface area contributed by atoms with Crippen LogP contribution in [0.15, 0.2) is 66.9 Å². The predicted molar refractivity (Wildman–Crippen MR) is 116 cm³/mol. The lowest BCUT2D eigenvalue weighted by atomic mass is 10.1. The third kappa shape index (κ3) is 5.10. The molecule has 1 aromatic heterocycles. The Kier molecular flexibility index (Phi) is 6.27. The number of pyridine rings is 1. The largest absolute Gasteiger partial charge is 0.385 e. The smallest absolute Gasteiger partial charge is 0.257 e. The number of rotatable bonds is 7. The Balaban J connectivity index is 1.60. The Morgan fingerprint density at radius 3 is 2.43 bits per heavy atom. The van der Waals surface area contributed by atoms with E-state index in [0.29, 0.717) is 5.56 Å². The molecule has 3 rings (SSSR count). The summed E-state index contributed by atoms with van der Waals surface area (Å²) in [5.41, 5.74) is 5.47. The van der Waals surface area contributed by atoms with Crippen molar-refractivity contribution in [2.24, 2.45) is 0 Å². The fourth-order valence-corrected chi connectivity index (χ4v) is 2.97. The minimum Gasteiger partial charge on any atom is -0.385 e. The summed E-state index contributed by atoms with van der Waals surface area (Å²) < 4.78 is 0. The molecule has 28 heavy (non-hydrogen) atoms. The van der Waals surface area contributed by atoms with Crippen LogP contribution in [0.1, 0.15) is 21.6 Å². The number of hydrogen-bond acceptors (Lipinski definition) is 4. The summed E-state index contributed by atoms with van der Waals surface area (Å²) in [6.45, 7) is 2.79. The van der Waals surface area contributed by atoms with Gasteiger partial charge in [-0.05, 0) is 55.5 Å². The molecule has 2 aromatic carbocycles. The van der Waals surface area contributed by atoms with E-state index in [-0.39, 0.29) is 5.91 Å². The highest BCUT2D eigenvalue weighted by Gasteiger charge is 2.13. The average Bonchev–Trinajstić information content (AvgIpc) is 2.70. The molecule has 5 nitrogen and oxygen atoms in total. The number of nitrogens with one attached hydrogen (secondary N) is 2. The predicted octanol–water partition coefficient (Wildman–Crippen LogP) is 4.36. The summed E-state index contributed by atoms with van der Waals surface area (Å²) in [6.07, 6.45) is 2.67. The number of hydrogen-bond donors (Lipinski definition) is 2. The number of nitrogens with zero attached hydrogens (tertiary/aromatic N) is 2. The van der Waals surface area contributed by atoms with E-state index < -0.39 is 0 Å². The van der Waals surface area contributed by atoms with Gasteiger partial charge in [-0.2, -0.15) is 0 Å². The van der Waals surface area contributed by atoms with Crippen molar-refractivity contribution in [3.05, 3.63) is 83.7 Å². The van der Waals surface area contributed by atoms with Crippen LogP contribution in [0.4, 0.5) is 17.1 Å². The molecule has 0 saturated heterocycles. The molecular formula is C23H26N4O. The third-order valence-corrected chi connectivity index (χ3v) is 4.46. The van der Waals surface area contributed by atoms with E-state index in [1.807, 2.05) is 92.8 Å². The molecule has 5 heteroatoms. The zero-order chi connectivity index (χ0) is 19.9. The molecule has 1 amide bonds. The Bertz CT molecular complexity index is 921. The fourth-order valence-electron chi connectivity index (χ4n) is 2.97. The number of anilines is 3. The van der Waals surface area contributed by atoms with Gasteiger partial charge in [-0.25, -0.2) is 0 Å². The van der Waals surface area contributed by atoms with Crippen molar-refractivity contribution in [2.75, 3.05) is 36.2 Å². The highest BCUT2D eigenvalue weighted by Crippen LogP contribution is 2.22. The summed E-state index contributed by atoms with van der Waals surface area (Å²) in [5.74, 6) is -0.108. The molecule has 0 aliphatic rings. The summed E-state index contributed by atoms with van der Waals surface area (Å²) in [7, 11) is 3.87. The Hall–Kier alpha value is -3.34. The van der Waals surface area contributed by atoms with Gasteiger partial charge in [0.15, 0.2) is 0 Å². The number of amides is 1. The molecule has 0 bridgehead atoms. The Morgan fingerprint density at radius 1 is 1.00 bits per heavy atom. The Morgan fingerprint density at radius 2 is 1.75 bits per heavy atom. The van der Waals surface area contributed by atoms with E-state index in [4.69, 9.17) is 0 Å². The average molecular weight is 374 g/mol. The number of carbonyl (C=O) groups is 1. The van der Waals surface area contributed by atoms with Crippen LogP contribution in [0.5, 0.6) is 0 Å². The van der Waals surface area contributed by atoms with Gasteiger partial charge in [0.1, 0.15) is 0 Å². The molecule has 1 heterocycles. The second-order valence-corrected chi connectivity index (χ2v) is 6.94. The van der Waals surface area contributed by atoms with Gasteiger partial charge in [0.2, 0.25) is 0 Å². The van der Waals surface area contributed by atoms with E-state index in [9.17, 15) is 4.79 Å². The van der Waals surface area contributed by atoms with Crippen molar-refractivity contribution >= 4 is 23.0 Å². The van der Waals surface area contributed by atoms with Crippen molar-refractivity contribution in [3.63, 3.8) is 0 Å². The van der Waals surface area contributed by atoms with Crippen LogP contribution in [0, 0.1) is 6.92 Å². The van der Waals surface area contributed by atoms with E-state index in [2.05, 4.69) is 15.6 Å². The lowest BCUT2D eigenvalue weighted by Gasteiger charge is -2.18. The maximum Gasteiger partial charge on any atom is 0.257 e. The van der Waals surface area contributed by atoms with Crippen LogP contribution in [0.25, 0.3) is 0 Å². The van der Waals surface area contributed by atoms with Gasteiger partial charge in [0.05, 0.1) is 5.56 Å². The number of benzene rings is 2. The lowest BCUT2D eigenvalue weighted by molar-refractivity contribution is 0.102. The van der Waals surface area contributed by atoms with Gasteiger partial charge in [-0.15, -0.1) is 0 Å². The second kappa shape index (κ2) is 9.04. The maximum absolute atomic E-state index is 12.7. The van der Waals surface area contributed by atoms with Gasteiger partial charge in [-0.1, -0.05) is 17.7 Å². The molecule has 2 N–H and O–H groups in total. The fraction of sp³-hybridized carbons (Fsp3) is 0.217. The topological polar surface area (TPSA) is 57.3 Å². The van der Waals surface area contributed by atoms with E-state index in [0.717, 1.165) is 41.3 Å². The van der Waals surface area contributed by atoms with Crippen LogP contribution in [0.2, 0.25) is 0 Å². The minimum absolute atomic E-state index is 0.108. The summed E-state index contributed by atoms with van der Waals surface area (Å²) in [6, 6.07) is 19.6. The maximum atomic E-state index is 12.7. The van der Waals surface area contributed by atoms with Crippen LogP contribution >= 0.6 is 0 Å². The normalized spacial score (nSPS) is 10.4. The van der Waals surface area contributed by atoms with E-state index in [1.165, 1.54) is 0 Å². The second-order valence-electron chi connectivity index (χ2n) is 6.94. The lowest BCUT2D eigenvalue weighted by Crippen LogP contribution is -2.18. The monoisotopic (exact) mass is 374 g/mol. The SMILES string of the molecule is Cc1ccc(N(C)C)c(C(=O)Nc2ccc(NCCc3ccccn3)cc2)c1. The molecule has 0 spiro atoms. The summed E-state index contributed by atoms with van der Waals surface area (Å²) >= 11 is 0. The number of aryl methyl sites for hydroxylation is 1. The van der Waals surface area contributed by atoms with Gasteiger partial charge < -0.3 is 15.5 Å². The van der Waals surface area contributed by atoms with Gasteiger partial charge in [0, 0.05) is 56.0 Å². The van der Waals surface area contributed by atoms with Gasteiger partial charge >= 0.3 is 0 Å². The standard InChI is InChI=1S/C23H26N4O/c1-17-7-12-22(27(2)3)21(16-17)23(28)26-20-10-8-19(9-11-20)25-15-13-18-6-4-5-14-24-18/h4-12,14,16,25H,13,15H2,1-3H3,(H,26,28). The first-order chi connectivity index (χ1) is 13.5. The molecule has 3 aromatic rings. The van der Waals surface area contributed by atoms with E-state index >= 15 is 0 Å². The number of aromatic nitrogens is 1. The van der Waals surface area contributed by atoms with Crippen molar-refractivity contribution in [1.29, 1.82) is 0 Å². The molecule has 0 saturated carbocycles. The van der Waals surface area contributed by atoms with E-state index in [1.54, 1.807) is 0 Å². The van der Waals surface area contributed by atoms with Crippen molar-refractivity contribution in [2.45, 2.75) is 13.3 Å². The summed E-state index contributed by atoms with van der Waals surface area (Å²) in [4.78, 5) is 19.0. The molecule has 144 valence electrons. The first-order valence-electron chi connectivity index (χ1n) is 9.36. The molecule has 0 aliphatic carbocycles. The van der Waals surface area contributed by atoms with Crippen molar-refractivity contribution in [1.82, 2.24) is 4.98 Å². The van der Waals surface area contributed by atoms with Crippen molar-refractivity contribution < 1.29 is 4.79 Å². The third-order valence-electron chi connectivity index (χ3n) is 4.46. The molecule has 0 fully saturated rings. The first-order valence-corrected chi connectivity index (χ1v) is 9.36. The number of carbonyl (C=O) groups excluding carboxylic acids is 1.